The van der Waals surface area contributed by atoms with Crippen molar-refractivity contribution in [2.45, 2.75) is 0 Å². The molecular weight excluding hydrogens is 725 g/mol. The lowest BCUT2D eigenvalue weighted by Gasteiger charge is -2.30. The minimum atomic E-state index is 1.08. The van der Waals surface area contributed by atoms with Gasteiger partial charge in [0.1, 0.15) is 0 Å². The molecule has 1 heterocycles. The fourth-order valence-electron chi connectivity index (χ4n) is 9.07. The summed E-state index contributed by atoms with van der Waals surface area (Å²) < 4.78 is 2.42. The van der Waals surface area contributed by atoms with Crippen LogP contribution in [0.25, 0.3) is 82.8 Å². The lowest BCUT2D eigenvalue weighted by Crippen LogP contribution is -2.12. The van der Waals surface area contributed by atoms with Gasteiger partial charge in [-0.2, -0.15) is 0 Å². The Bertz CT molecular complexity index is 3250. The maximum Gasteiger partial charge on any atom is 0.0546 e. The molecule has 0 aliphatic heterocycles. The number of hydrogen-bond donors (Lipinski definition) is 0. The van der Waals surface area contributed by atoms with Crippen LogP contribution in [0.4, 0.5) is 17.1 Å². The van der Waals surface area contributed by atoms with Crippen LogP contribution in [0.1, 0.15) is 0 Å². The minimum Gasteiger partial charge on any atom is -0.310 e. The van der Waals surface area contributed by atoms with Crippen molar-refractivity contribution < 1.29 is 0 Å². The molecule has 0 saturated carbocycles. The molecule has 2 heteroatoms. The van der Waals surface area contributed by atoms with Gasteiger partial charge in [0.05, 0.1) is 22.4 Å². The lowest BCUT2D eigenvalue weighted by atomic mass is 9.87. The molecule has 0 fully saturated rings. The third-order valence-electron chi connectivity index (χ3n) is 11.8. The van der Waals surface area contributed by atoms with Crippen LogP contribution in [0.5, 0.6) is 0 Å². The number of fused-ring (bicyclic) bond motifs is 4. The maximum atomic E-state index is 2.44. The van der Waals surface area contributed by atoms with Gasteiger partial charge in [0.15, 0.2) is 0 Å². The summed E-state index contributed by atoms with van der Waals surface area (Å²) in [5, 5.41) is 4.92. The second-order valence-corrected chi connectivity index (χ2v) is 15.3. The second kappa shape index (κ2) is 15.1. The first-order chi connectivity index (χ1) is 29.8. The SMILES string of the molecule is c1ccc(-c2ccccc2-c2c(-c3ccccc3)cccc2N(c2ccc(-c3ccccc3-n3c4ccccc4c4ccccc43)cc2)c2ccc3ccccc3c2)cc1. The Balaban J connectivity index is 1.13. The Hall–Kier alpha value is -7.94. The van der Waals surface area contributed by atoms with Gasteiger partial charge in [0.2, 0.25) is 0 Å². The summed E-state index contributed by atoms with van der Waals surface area (Å²) in [6.07, 6.45) is 0. The van der Waals surface area contributed by atoms with Crippen LogP contribution in [0, 0.1) is 0 Å². The Kier molecular flexibility index (Phi) is 8.87. The Morgan fingerprint density at radius 2 is 0.800 bits per heavy atom. The molecule has 0 atom stereocenters. The highest BCUT2D eigenvalue weighted by molar-refractivity contribution is 6.10. The van der Waals surface area contributed by atoms with E-state index in [1.807, 2.05) is 0 Å². The standard InChI is InChI=1S/C58H40N2/c1-3-19-42(20-4-1)48-24-9-10-28-53(48)58-50(43-21-5-2-6-22-43)29-17-33-57(58)59(47-39-34-41-18-7-8-23-45(41)40-47)46-37-35-44(36-38-46)49-25-11-14-30-54(49)60-55-31-15-12-26-51(55)52-27-13-16-32-56(52)60/h1-40H. The van der Waals surface area contributed by atoms with Crippen molar-refractivity contribution in [3.05, 3.63) is 243 Å². The lowest BCUT2D eigenvalue weighted by molar-refractivity contribution is 1.18. The topological polar surface area (TPSA) is 8.17 Å². The molecule has 0 radical (unpaired) electrons. The molecule has 2 nitrogen and oxygen atoms in total. The maximum absolute atomic E-state index is 2.44. The Labute approximate surface area is 350 Å². The first kappa shape index (κ1) is 35.2. The first-order valence-corrected chi connectivity index (χ1v) is 20.6. The number of para-hydroxylation sites is 3. The summed E-state index contributed by atoms with van der Waals surface area (Å²) >= 11 is 0. The zero-order valence-corrected chi connectivity index (χ0v) is 33.0. The number of hydrogen-bond acceptors (Lipinski definition) is 1. The van der Waals surface area contributed by atoms with Crippen molar-refractivity contribution >= 4 is 49.6 Å². The van der Waals surface area contributed by atoms with Crippen LogP contribution in [0.15, 0.2) is 243 Å². The van der Waals surface area contributed by atoms with Gasteiger partial charge in [-0.1, -0.05) is 194 Å². The van der Waals surface area contributed by atoms with E-state index in [0.717, 1.165) is 28.3 Å². The third-order valence-corrected chi connectivity index (χ3v) is 11.8. The molecule has 0 saturated heterocycles. The number of anilines is 3. The van der Waals surface area contributed by atoms with Gasteiger partial charge in [0.25, 0.3) is 0 Å². The Morgan fingerprint density at radius 1 is 0.300 bits per heavy atom. The molecular formula is C58H40N2. The average molecular weight is 765 g/mol. The number of benzene rings is 10. The third kappa shape index (κ3) is 6.14. The molecule has 0 spiro atoms. The van der Waals surface area contributed by atoms with Gasteiger partial charge in [0, 0.05) is 33.3 Å². The van der Waals surface area contributed by atoms with Crippen molar-refractivity contribution in [1.82, 2.24) is 4.57 Å². The van der Waals surface area contributed by atoms with Crippen LogP contribution in [0.2, 0.25) is 0 Å². The summed E-state index contributed by atoms with van der Waals surface area (Å²) in [6, 6.07) is 88.0. The summed E-state index contributed by atoms with van der Waals surface area (Å²) in [6.45, 7) is 0. The summed E-state index contributed by atoms with van der Waals surface area (Å²) in [7, 11) is 0. The summed E-state index contributed by atoms with van der Waals surface area (Å²) in [5.74, 6) is 0. The van der Waals surface area contributed by atoms with E-state index < -0.39 is 0 Å². The van der Waals surface area contributed by atoms with Crippen molar-refractivity contribution in [2.24, 2.45) is 0 Å². The van der Waals surface area contributed by atoms with Gasteiger partial charge >= 0.3 is 0 Å². The molecule has 0 aliphatic rings. The second-order valence-electron chi connectivity index (χ2n) is 15.3. The molecule has 0 aliphatic carbocycles. The van der Waals surface area contributed by atoms with Gasteiger partial charge in [-0.05, 0) is 92.7 Å². The minimum absolute atomic E-state index is 1.08. The van der Waals surface area contributed by atoms with E-state index in [2.05, 4.69) is 252 Å². The molecule has 0 unspecified atom stereocenters. The molecule has 0 bridgehead atoms. The molecule has 0 amide bonds. The summed E-state index contributed by atoms with van der Waals surface area (Å²) in [5.41, 5.74) is 16.3. The van der Waals surface area contributed by atoms with Crippen molar-refractivity contribution in [2.75, 3.05) is 4.90 Å². The van der Waals surface area contributed by atoms with E-state index in [9.17, 15) is 0 Å². The highest BCUT2D eigenvalue weighted by Gasteiger charge is 2.23. The molecule has 60 heavy (non-hydrogen) atoms. The fourth-order valence-corrected chi connectivity index (χ4v) is 9.07. The van der Waals surface area contributed by atoms with Crippen LogP contribution in [-0.2, 0) is 0 Å². The van der Waals surface area contributed by atoms with E-state index in [0.29, 0.717) is 0 Å². The van der Waals surface area contributed by atoms with E-state index in [1.54, 1.807) is 0 Å². The molecule has 282 valence electrons. The largest absolute Gasteiger partial charge is 0.310 e. The zero-order valence-electron chi connectivity index (χ0n) is 33.0. The predicted octanol–water partition coefficient (Wildman–Crippen LogP) is 16.1. The first-order valence-electron chi connectivity index (χ1n) is 20.6. The predicted molar refractivity (Wildman–Crippen MR) is 255 cm³/mol. The monoisotopic (exact) mass is 764 g/mol. The average Bonchev–Trinajstić information content (AvgIpc) is 3.66. The highest BCUT2D eigenvalue weighted by Crippen LogP contribution is 2.48. The van der Waals surface area contributed by atoms with Crippen molar-refractivity contribution in [3.63, 3.8) is 0 Å². The number of aromatic nitrogens is 1. The summed E-state index contributed by atoms with van der Waals surface area (Å²) in [4.78, 5) is 2.44. The van der Waals surface area contributed by atoms with E-state index in [-0.39, 0.29) is 0 Å². The van der Waals surface area contributed by atoms with E-state index in [1.165, 1.54) is 71.5 Å². The zero-order chi connectivity index (χ0) is 39.8. The van der Waals surface area contributed by atoms with Gasteiger partial charge < -0.3 is 9.47 Å². The normalized spacial score (nSPS) is 11.3. The van der Waals surface area contributed by atoms with E-state index in [4.69, 9.17) is 0 Å². The van der Waals surface area contributed by atoms with Gasteiger partial charge in [-0.3, -0.25) is 0 Å². The van der Waals surface area contributed by atoms with Crippen LogP contribution < -0.4 is 4.90 Å². The van der Waals surface area contributed by atoms with Crippen LogP contribution in [0.3, 0.4) is 0 Å². The Morgan fingerprint density at radius 3 is 1.50 bits per heavy atom. The number of rotatable bonds is 8. The molecule has 0 N–H and O–H groups in total. The quantitative estimate of drug-likeness (QED) is 0.150. The molecule has 1 aromatic heterocycles. The van der Waals surface area contributed by atoms with E-state index >= 15 is 0 Å². The van der Waals surface area contributed by atoms with Gasteiger partial charge in [-0.15, -0.1) is 0 Å². The molecule has 11 rings (SSSR count). The highest BCUT2D eigenvalue weighted by atomic mass is 15.1. The molecule has 11 aromatic rings. The van der Waals surface area contributed by atoms with Gasteiger partial charge in [-0.25, -0.2) is 0 Å². The number of nitrogens with zero attached hydrogens (tertiary/aromatic N) is 2. The van der Waals surface area contributed by atoms with Crippen molar-refractivity contribution in [1.29, 1.82) is 0 Å². The van der Waals surface area contributed by atoms with Crippen LogP contribution in [-0.4, -0.2) is 4.57 Å². The van der Waals surface area contributed by atoms with Crippen molar-refractivity contribution in [3.8, 4) is 50.2 Å². The van der Waals surface area contributed by atoms with Crippen LogP contribution >= 0.6 is 0 Å². The smallest absolute Gasteiger partial charge is 0.0546 e. The fraction of sp³-hybridized carbons (Fsp3) is 0. The molecule has 10 aromatic carbocycles.